The van der Waals surface area contributed by atoms with Gasteiger partial charge in [-0.3, -0.25) is 9.48 Å². The molecule has 0 unspecified atom stereocenters. The second-order valence-corrected chi connectivity index (χ2v) is 4.34. The van der Waals surface area contributed by atoms with Crippen molar-refractivity contribution < 1.29 is 4.79 Å². The van der Waals surface area contributed by atoms with Gasteiger partial charge >= 0.3 is 0 Å². The Morgan fingerprint density at radius 1 is 1.25 bits per heavy atom. The summed E-state index contributed by atoms with van der Waals surface area (Å²) < 4.78 is 1.63. The summed E-state index contributed by atoms with van der Waals surface area (Å²) in [4.78, 5) is 13.2. The van der Waals surface area contributed by atoms with Gasteiger partial charge in [-0.05, 0) is 30.5 Å². The normalized spacial score (nSPS) is 10.4. The average molecular weight is 232 g/mol. The SMILES string of the molecule is CSc1ccc(C(=O)c2cnn(C)c2)cc1. The first kappa shape index (κ1) is 11.0. The molecule has 1 aromatic carbocycles. The van der Waals surface area contributed by atoms with Crippen molar-refractivity contribution in [3.05, 3.63) is 47.8 Å². The predicted octanol–water partition coefficient (Wildman–Crippen LogP) is 2.37. The van der Waals surface area contributed by atoms with Gasteiger partial charge in [0.25, 0.3) is 0 Å². The van der Waals surface area contributed by atoms with Crippen molar-refractivity contribution >= 4 is 17.5 Å². The Morgan fingerprint density at radius 2 is 1.94 bits per heavy atom. The number of carbonyl (C=O) groups excluding carboxylic acids is 1. The number of rotatable bonds is 3. The molecule has 0 amide bonds. The predicted molar refractivity (Wildman–Crippen MR) is 64.9 cm³/mol. The minimum atomic E-state index is 0.0146. The van der Waals surface area contributed by atoms with Crippen LogP contribution in [0.3, 0.4) is 0 Å². The number of hydrogen-bond donors (Lipinski definition) is 0. The fourth-order valence-corrected chi connectivity index (χ4v) is 1.86. The summed E-state index contributed by atoms with van der Waals surface area (Å²) in [5.41, 5.74) is 1.32. The molecule has 0 aliphatic rings. The van der Waals surface area contributed by atoms with E-state index in [1.54, 1.807) is 35.9 Å². The van der Waals surface area contributed by atoms with E-state index < -0.39 is 0 Å². The van der Waals surface area contributed by atoms with Crippen LogP contribution in [0.5, 0.6) is 0 Å². The summed E-state index contributed by atoms with van der Waals surface area (Å²) in [5, 5.41) is 3.99. The molecule has 0 aliphatic carbocycles. The number of aromatic nitrogens is 2. The van der Waals surface area contributed by atoms with E-state index in [4.69, 9.17) is 0 Å². The zero-order valence-electron chi connectivity index (χ0n) is 9.18. The lowest BCUT2D eigenvalue weighted by Gasteiger charge is -1.99. The molecule has 0 aliphatic heterocycles. The molecule has 1 heterocycles. The molecule has 0 spiro atoms. The fourth-order valence-electron chi connectivity index (χ4n) is 1.45. The summed E-state index contributed by atoms with van der Waals surface area (Å²) in [6.07, 6.45) is 5.33. The van der Waals surface area contributed by atoms with Crippen LogP contribution in [0.25, 0.3) is 0 Å². The molecule has 0 N–H and O–H groups in total. The first-order chi connectivity index (χ1) is 7.70. The third kappa shape index (κ3) is 2.17. The summed E-state index contributed by atoms with van der Waals surface area (Å²) in [6, 6.07) is 7.60. The highest BCUT2D eigenvalue weighted by molar-refractivity contribution is 7.98. The number of carbonyl (C=O) groups is 1. The molecule has 0 saturated heterocycles. The number of ketones is 1. The van der Waals surface area contributed by atoms with Crippen LogP contribution >= 0.6 is 11.8 Å². The van der Waals surface area contributed by atoms with Gasteiger partial charge in [0.05, 0.1) is 11.8 Å². The second-order valence-electron chi connectivity index (χ2n) is 3.46. The van der Waals surface area contributed by atoms with Crippen molar-refractivity contribution in [3.8, 4) is 0 Å². The van der Waals surface area contributed by atoms with Crippen LogP contribution in [0.2, 0.25) is 0 Å². The van der Waals surface area contributed by atoms with Gasteiger partial charge in [-0.1, -0.05) is 0 Å². The topological polar surface area (TPSA) is 34.9 Å². The zero-order valence-corrected chi connectivity index (χ0v) is 9.99. The van der Waals surface area contributed by atoms with E-state index in [2.05, 4.69) is 5.10 Å². The zero-order chi connectivity index (χ0) is 11.5. The molecule has 2 aromatic rings. The van der Waals surface area contributed by atoms with Gasteiger partial charge in [0.15, 0.2) is 5.78 Å². The molecule has 0 fully saturated rings. The van der Waals surface area contributed by atoms with Crippen molar-refractivity contribution in [2.75, 3.05) is 6.26 Å². The van der Waals surface area contributed by atoms with Gasteiger partial charge in [-0.15, -0.1) is 11.8 Å². The Hall–Kier alpha value is -1.55. The summed E-state index contributed by atoms with van der Waals surface area (Å²) in [5.74, 6) is 0.0146. The Morgan fingerprint density at radius 3 is 2.44 bits per heavy atom. The molecule has 16 heavy (non-hydrogen) atoms. The van der Waals surface area contributed by atoms with Crippen molar-refractivity contribution in [1.82, 2.24) is 9.78 Å². The van der Waals surface area contributed by atoms with E-state index in [1.165, 1.54) is 0 Å². The van der Waals surface area contributed by atoms with Crippen LogP contribution in [0.15, 0.2) is 41.6 Å². The van der Waals surface area contributed by atoms with Crippen LogP contribution in [-0.2, 0) is 7.05 Å². The van der Waals surface area contributed by atoms with Gasteiger partial charge in [0, 0.05) is 23.7 Å². The lowest BCUT2D eigenvalue weighted by atomic mass is 10.1. The molecule has 0 radical (unpaired) electrons. The number of nitrogens with zero attached hydrogens (tertiary/aromatic N) is 2. The maximum absolute atomic E-state index is 12.0. The molecular weight excluding hydrogens is 220 g/mol. The molecule has 3 nitrogen and oxygen atoms in total. The van der Waals surface area contributed by atoms with Crippen LogP contribution in [0.4, 0.5) is 0 Å². The summed E-state index contributed by atoms with van der Waals surface area (Å²) in [7, 11) is 1.80. The number of benzene rings is 1. The standard InChI is InChI=1S/C12H12N2OS/c1-14-8-10(7-13-14)12(15)9-3-5-11(16-2)6-4-9/h3-8H,1-2H3. The molecule has 1 aromatic heterocycles. The van der Waals surface area contributed by atoms with Gasteiger partial charge in [-0.25, -0.2) is 0 Å². The van der Waals surface area contributed by atoms with Crippen molar-refractivity contribution in [2.24, 2.45) is 7.05 Å². The number of aryl methyl sites for hydroxylation is 1. The van der Waals surface area contributed by atoms with Crippen LogP contribution in [0, 0.1) is 0 Å². The van der Waals surface area contributed by atoms with E-state index in [1.807, 2.05) is 30.5 Å². The van der Waals surface area contributed by atoms with Crippen LogP contribution in [0.1, 0.15) is 15.9 Å². The van der Waals surface area contributed by atoms with E-state index in [0.29, 0.717) is 11.1 Å². The molecule has 2 rings (SSSR count). The van der Waals surface area contributed by atoms with E-state index in [0.717, 1.165) is 4.90 Å². The van der Waals surface area contributed by atoms with Crippen molar-refractivity contribution in [1.29, 1.82) is 0 Å². The Kier molecular flexibility index (Phi) is 3.10. The molecule has 0 bridgehead atoms. The van der Waals surface area contributed by atoms with Gasteiger partial charge in [-0.2, -0.15) is 5.10 Å². The first-order valence-electron chi connectivity index (χ1n) is 4.88. The van der Waals surface area contributed by atoms with E-state index in [-0.39, 0.29) is 5.78 Å². The monoisotopic (exact) mass is 232 g/mol. The average Bonchev–Trinajstić information content (AvgIpc) is 2.75. The van der Waals surface area contributed by atoms with Crippen LogP contribution in [-0.4, -0.2) is 21.8 Å². The highest BCUT2D eigenvalue weighted by Gasteiger charge is 2.10. The number of hydrogen-bond acceptors (Lipinski definition) is 3. The fraction of sp³-hybridized carbons (Fsp3) is 0.167. The third-order valence-electron chi connectivity index (χ3n) is 2.32. The Balaban J connectivity index is 2.27. The summed E-state index contributed by atoms with van der Waals surface area (Å²) >= 11 is 1.66. The van der Waals surface area contributed by atoms with Crippen molar-refractivity contribution in [3.63, 3.8) is 0 Å². The Bertz CT molecular complexity index is 502. The maximum atomic E-state index is 12.0. The maximum Gasteiger partial charge on any atom is 0.196 e. The molecule has 82 valence electrons. The smallest absolute Gasteiger partial charge is 0.196 e. The van der Waals surface area contributed by atoms with E-state index >= 15 is 0 Å². The van der Waals surface area contributed by atoms with Gasteiger partial charge in [0.1, 0.15) is 0 Å². The van der Waals surface area contributed by atoms with E-state index in [9.17, 15) is 4.79 Å². The molecule has 0 atom stereocenters. The summed E-state index contributed by atoms with van der Waals surface area (Å²) in [6.45, 7) is 0. The molecule has 4 heteroatoms. The lowest BCUT2D eigenvalue weighted by molar-refractivity contribution is 0.103. The second kappa shape index (κ2) is 4.53. The minimum absolute atomic E-state index is 0.0146. The highest BCUT2D eigenvalue weighted by Crippen LogP contribution is 2.16. The van der Waals surface area contributed by atoms with Gasteiger partial charge < -0.3 is 0 Å². The van der Waals surface area contributed by atoms with Gasteiger partial charge in [0.2, 0.25) is 0 Å². The Labute approximate surface area is 98.5 Å². The highest BCUT2D eigenvalue weighted by atomic mass is 32.2. The molecule has 0 saturated carbocycles. The molecular formula is C12H12N2OS. The number of thioether (sulfide) groups is 1. The quantitative estimate of drug-likeness (QED) is 0.602. The largest absolute Gasteiger partial charge is 0.288 e. The minimum Gasteiger partial charge on any atom is -0.288 e. The van der Waals surface area contributed by atoms with Crippen molar-refractivity contribution in [2.45, 2.75) is 4.90 Å². The first-order valence-corrected chi connectivity index (χ1v) is 6.10. The van der Waals surface area contributed by atoms with Crippen LogP contribution < -0.4 is 0 Å². The lowest BCUT2D eigenvalue weighted by Crippen LogP contribution is -1.99. The third-order valence-corrected chi connectivity index (χ3v) is 3.06.